The Hall–Kier alpha value is -0.750. The van der Waals surface area contributed by atoms with E-state index in [1.54, 1.807) is 0 Å². The lowest BCUT2D eigenvalue weighted by atomic mass is 10.5. The molecule has 2 heterocycles. The molecule has 13 heavy (non-hydrogen) atoms. The molecule has 0 spiro atoms. The molecule has 0 radical (unpaired) electrons. The van der Waals surface area contributed by atoms with Gasteiger partial charge in [-0.25, -0.2) is 0 Å². The molecule has 0 bridgehead atoms. The van der Waals surface area contributed by atoms with Crippen molar-refractivity contribution >= 4 is 17.8 Å². The van der Waals surface area contributed by atoms with Crippen LogP contribution >= 0.6 is 11.8 Å². The van der Waals surface area contributed by atoms with Crippen LogP contribution in [0.15, 0.2) is 4.42 Å². The van der Waals surface area contributed by atoms with Gasteiger partial charge in [-0.3, -0.25) is 0 Å². The second-order valence-corrected chi connectivity index (χ2v) is 4.01. The van der Waals surface area contributed by atoms with Crippen molar-refractivity contribution in [1.29, 1.82) is 0 Å². The van der Waals surface area contributed by atoms with E-state index in [1.165, 1.54) is 0 Å². The van der Waals surface area contributed by atoms with Crippen LogP contribution in [0.3, 0.4) is 0 Å². The predicted octanol–water partition coefficient (Wildman–Crippen LogP) is 0.0815. The third-order valence-corrected chi connectivity index (χ3v) is 2.85. The van der Waals surface area contributed by atoms with Crippen LogP contribution in [0, 0.1) is 0 Å². The van der Waals surface area contributed by atoms with Crippen molar-refractivity contribution < 1.29 is 4.42 Å². The lowest BCUT2D eigenvalue weighted by Gasteiger charge is -2.23. The van der Waals surface area contributed by atoms with E-state index >= 15 is 0 Å². The van der Waals surface area contributed by atoms with Gasteiger partial charge in [0, 0.05) is 24.6 Å². The van der Waals surface area contributed by atoms with Crippen LogP contribution in [0.25, 0.3) is 0 Å². The van der Waals surface area contributed by atoms with E-state index in [-0.39, 0.29) is 0 Å². The SMILES string of the molecule is NCc1nnc(N2CCSCC2)o1. The first-order valence-electron chi connectivity index (χ1n) is 4.25. The number of nitrogens with zero attached hydrogens (tertiary/aromatic N) is 3. The van der Waals surface area contributed by atoms with Crippen molar-refractivity contribution in [3.63, 3.8) is 0 Å². The molecule has 1 aromatic rings. The molecule has 1 saturated heterocycles. The Bertz CT molecular complexity index is 271. The zero-order chi connectivity index (χ0) is 9.10. The Morgan fingerprint density at radius 3 is 2.77 bits per heavy atom. The molecule has 1 aliphatic rings. The molecular formula is C7H12N4OS. The zero-order valence-electron chi connectivity index (χ0n) is 7.27. The first kappa shape index (κ1) is 8.83. The Balaban J connectivity index is 2.05. The van der Waals surface area contributed by atoms with Gasteiger partial charge in [-0.1, -0.05) is 5.10 Å². The monoisotopic (exact) mass is 200 g/mol. The van der Waals surface area contributed by atoms with E-state index in [0.29, 0.717) is 18.5 Å². The summed E-state index contributed by atoms with van der Waals surface area (Å²) in [5.41, 5.74) is 5.37. The summed E-state index contributed by atoms with van der Waals surface area (Å²) in [4.78, 5) is 2.10. The van der Waals surface area contributed by atoms with E-state index in [0.717, 1.165) is 24.6 Å². The van der Waals surface area contributed by atoms with Gasteiger partial charge in [-0.15, -0.1) is 5.10 Å². The number of anilines is 1. The molecule has 1 aromatic heterocycles. The number of rotatable bonds is 2. The van der Waals surface area contributed by atoms with E-state index in [1.807, 2.05) is 11.8 Å². The van der Waals surface area contributed by atoms with Crippen LogP contribution in [0.5, 0.6) is 0 Å². The molecule has 5 nitrogen and oxygen atoms in total. The van der Waals surface area contributed by atoms with E-state index in [9.17, 15) is 0 Å². The van der Waals surface area contributed by atoms with Crippen molar-refractivity contribution in [2.75, 3.05) is 29.5 Å². The Kier molecular flexibility index (Phi) is 2.70. The van der Waals surface area contributed by atoms with Crippen LogP contribution in [0.2, 0.25) is 0 Å². The maximum absolute atomic E-state index is 5.37. The summed E-state index contributed by atoms with van der Waals surface area (Å²) < 4.78 is 5.34. The van der Waals surface area contributed by atoms with Gasteiger partial charge in [0.25, 0.3) is 0 Å². The second-order valence-electron chi connectivity index (χ2n) is 2.78. The van der Waals surface area contributed by atoms with E-state index in [4.69, 9.17) is 10.2 Å². The van der Waals surface area contributed by atoms with Crippen LogP contribution < -0.4 is 10.6 Å². The summed E-state index contributed by atoms with van der Waals surface area (Å²) in [5.74, 6) is 2.76. The molecule has 0 amide bonds. The van der Waals surface area contributed by atoms with Crippen molar-refractivity contribution in [2.24, 2.45) is 5.73 Å². The van der Waals surface area contributed by atoms with Crippen molar-refractivity contribution in [2.45, 2.75) is 6.54 Å². The molecule has 0 aliphatic carbocycles. The molecule has 2 N–H and O–H groups in total. The van der Waals surface area contributed by atoms with Crippen molar-refractivity contribution in [3.8, 4) is 0 Å². The maximum Gasteiger partial charge on any atom is 0.318 e. The summed E-state index contributed by atoms with van der Waals surface area (Å²) in [7, 11) is 0. The molecule has 6 heteroatoms. The summed E-state index contributed by atoms with van der Waals surface area (Å²) in [6.07, 6.45) is 0. The summed E-state index contributed by atoms with van der Waals surface area (Å²) >= 11 is 1.95. The van der Waals surface area contributed by atoms with Crippen LogP contribution in [0.4, 0.5) is 6.01 Å². The molecule has 72 valence electrons. The predicted molar refractivity (Wildman–Crippen MR) is 51.7 cm³/mol. The minimum Gasteiger partial charge on any atom is -0.407 e. The highest BCUT2D eigenvalue weighted by Crippen LogP contribution is 2.17. The minimum atomic E-state index is 0.315. The molecule has 1 fully saturated rings. The van der Waals surface area contributed by atoms with Gasteiger partial charge < -0.3 is 15.1 Å². The van der Waals surface area contributed by atoms with E-state index in [2.05, 4.69) is 15.1 Å². The Labute approximate surface area is 80.7 Å². The fraction of sp³-hybridized carbons (Fsp3) is 0.714. The first-order valence-corrected chi connectivity index (χ1v) is 5.41. The molecule has 0 aromatic carbocycles. The molecule has 0 atom stereocenters. The number of thioether (sulfide) groups is 1. The lowest BCUT2D eigenvalue weighted by Crippen LogP contribution is -2.32. The van der Waals surface area contributed by atoms with Crippen LogP contribution in [0.1, 0.15) is 5.89 Å². The second kappa shape index (κ2) is 3.97. The summed E-state index contributed by atoms with van der Waals surface area (Å²) in [6, 6.07) is 0.612. The fourth-order valence-corrected chi connectivity index (χ4v) is 2.11. The average molecular weight is 200 g/mol. The van der Waals surface area contributed by atoms with Gasteiger partial charge in [-0.05, 0) is 0 Å². The summed E-state index contributed by atoms with van der Waals surface area (Å²) in [5, 5.41) is 7.75. The van der Waals surface area contributed by atoms with Gasteiger partial charge in [-0.2, -0.15) is 11.8 Å². The molecule has 1 aliphatic heterocycles. The van der Waals surface area contributed by atoms with Gasteiger partial charge in [0.15, 0.2) is 0 Å². The quantitative estimate of drug-likeness (QED) is 0.729. The summed E-state index contributed by atoms with van der Waals surface area (Å²) in [6.45, 7) is 2.28. The number of nitrogens with two attached hydrogens (primary N) is 1. The topological polar surface area (TPSA) is 68.2 Å². The maximum atomic E-state index is 5.37. The molecule has 2 rings (SSSR count). The lowest BCUT2D eigenvalue weighted by molar-refractivity contribution is 0.488. The van der Waals surface area contributed by atoms with Gasteiger partial charge in [0.2, 0.25) is 5.89 Å². The number of hydrogen-bond acceptors (Lipinski definition) is 6. The highest BCUT2D eigenvalue weighted by molar-refractivity contribution is 7.99. The average Bonchev–Trinajstić information content (AvgIpc) is 2.67. The highest BCUT2D eigenvalue weighted by atomic mass is 32.2. The third-order valence-electron chi connectivity index (χ3n) is 1.91. The van der Waals surface area contributed by atoms with Gasteiger partial charge in [0.1, 0.15) is 0 Å². The van der Waals surface area contributed by atoms with Crippen LogP contribution in [-0.2, 0) is 6.54 Å². The Morgan fingerprint density at radius 2 is 2.15 bits per heavy atom. The largest absolute Gasteiger partial charge is 0.407 e. The zero-order valence-corrected chi connectivity index (χ0v) is 8.09. The van der Waals surface area contributed by atoms with E-state index < -0.39 is 0 Å². The normalized spacial score (nSPS) is 17.8. The first-order chi connectivity index (χ1) is 6.40. The fourth-order valence-electron chi connectivity index (χ4n) is 1.21. The third kappa shape index (κ3) is 1.94. The smallest absolute Gasteiger partial charge is 0.318 e. The standard InChI is InChI=1S/C7H12N4OS/c8-5-6-9-10-7(12-6)11-1-3-13-4-2-11/h1-5,8H2. The number of hydrogen-bond donors (Lipinski definition) is 1. The van der Waals surface area contributed by atoms with Gasteiger partial charge >= 0.3 is 6.01 Å². The molecular weight excluding hydrogens is 188 g/mol. The highest BCUT2D eigenvalue weighted by Gasteiger charge is 2.16. The van der Waals surface area contributed by atoms with Gasteiger partial charge in [0.05, 0.1) is 6.54 Å². The molecule has 0 unspecified atom stereocenters. The Morgan fingerprint density at radius 1 is 1.38 bits per heavy atom. The molecule has 0 saturated carbocycles. The van der Waals surface area contributed by atoms with Crippen LogP contribution in [-0.4, -0.2) is 34.8 Å². The van der Waals surface area contributed by atoms with Crippen molar-refractivity contribution in [1.82, 2.24) is 10.2 Å². The minimum absolute atomic E-state index is 0.315. The number of aromatic nitrogens is 2. The van der Waals surface area contributed by atoms with Crippen molar-refractivity contribution in [3.05, 3.63) is 5.89 Å².